The van der Waals surface area contributed by atoms with Gasteiger partial charge in [-0.05, 0) is 54.7 Å². The smallest absolute Gasteiger partial charge is 0.337 e. The molecule has 1 heterocycles. The molecule has 0 aliphatic heterocycles. The largest absolute Gasteiger partial charge is 0.494 e. The van der Waals surface area contributed by atoms with Crippen molar-refractivity contribution in [2.24, 2.45) is 4.99 Å². The van der Waals surface area contributed by atoms with Crippen LogP contribution in [0.4, 0.5) is 10.1 Å². The fourth-order valence-electron chi connectivity index (χ4n) is 2.46. The van der Waals surface area contributed by atoms with Crippen LogP contribution in [0.15, 0.2) is 52.3 Å². The number of aromatic hydroxyl groups is 1. The molecule has 0 spiro atoms. The molecule has 0 amide bonds. The molecule has 0 bridgehead atoms. The minimum Gasteiger partial charge on any atom is -0.494 e. The summed E-state index contributed by atoms with van der Waals surface area (Å²) in [6.07, 6.45) is 1.15. The third kappa shape index (κ3) is 4.25. The molecule has 2 N–H and O–H groups in total. The first-order valence-corrected chi connectivity index (χ1v) is 8.86. The van der Waals surface area contributed by atoms with E-state index in [0.717, 1.165) is 16.8 Å². The quantitative estimate of drug-likeness (QED) is 0.369. The molecule has 0 aliphatic carbocycles. The fraction of sp³-hybridized carbons (Fsp3) is 0.0526. The third-order valence-electron chi connectivity index (χ3n) is 3.91. The molecule has 0 fully saturated rings. The van der Waals surface area contributed by atoms with Crippen LogP contribution in [0, 0.1) is 10.6 Å². The molecule has 0 radical (unpaired) electrons. The Morgan fingerprint density at radius 3 is 2.62 bits per heavy atom. The standard InChI is InChI=1S/C19H13ClFN3O4S/c1-28-18(27)10-2-4-11(5-3-10)22-9-13-16(25)23-19(29)24(17(13)26)12-6-7-15(21)14(20)8-12/h2-9,26H,1H3,(H,23,25,29). The predicted molar refractivity (Wildman–Crippen MR) is 109 cm³/mol. The Hall–Kier alpha value is -3.30. The van der Waals surface area contributed by atoms with Gasteiger partial charge in [-0.1, -0.05) is 11.6 Å². The molecule has 10 heteroatoms. The molecule has 3 rings (SSSR count). The van der Waals surface area contributed by atoms with Crippen LogP contribution in [0.2, 0.25) is 5.02 Å². The second kappa shape index (κ2) is 8.38. The molecule has 0 unspecified atom stereocenters. The van der Waals surface area contributed by atoms with E-state index in [-0.39, 0.29) is 21.0 Å². The van der Waals surface area contributed by atoms with Gasteiger partial charge < -0.3 is 9.84 Å². The van der Waals surface area contributed by atoms with Crippen molar-refractivity contribution < 1.29 is 19.0 Å². The molecule has 148 valence electrons. The number of aromatic nitrogens is 2. The highest BCUT2D eigenvalue weighted by Crippen LogP contribution is 2.24. The lowest BCUT2D eigenvalue weighted by molar-refractivity contribution is 0.0601. The SMILES string of the molecule is COC(=O)c1ccc(N=Cc2c(O)n(-c3ccc(F)c(Cl)c3)c(=S)[nH]c2=O)cc1. The van der Waals surface area contributed by atoms with Crippen molar-refractivity contribution in [1.82, 2.24) is 9.55 Å². The van der Waals surface area contributed by atoms with Gasteiger partial charge in [-0.15, -0.1) is 0 Å². The third-order valence-corrected chi connectivity index (χ3v) is 4.49. The predicted octanol–water partition coefficient (Wildman–Crippen LogP) is 3.93. The molecule has 2 aromatic carbocycles. The van der Waals surface area contributed by atoms with Gasteiger partial charge in [0.25, 0.3) is 5.56 Å². The van der Waals surface area contributed by atoms with Crippen LogP contribution in [-0.4, -0.2) is 34.0 Å². The van der Waals surface area contributed by atoms with Crippen molar-refractivity contribution in [2.45, 2.75) is 0 Å². The number of nitrogens with one attached hydrogen (secondary N) is 1. The number of hydrogen-bond donors (Lipinski definition) is 2. The summed E-state index contributed by atoms with van der Waals surface area (Å²) >= 11 is 10.9. The van der Waals surface area contributed by atoms with Crippen molar-refractivity contribution in [3.8, 4) is 11.6 Å². The van der Waals surface area contributed by atoms with Crippen LogP contribution in [0.1, 0.15) is 15.9 Å². The topological polar surface area (TPSA) is 96.7 Å². The van der Waals surface area contributed by atoms with Gasteiger partial charge in [-0.25, -0.2) is 9.18 Å². The summed E-state index contributed by atoms with van der Waals surface area (Å²) in [6, 6.07) is 9.83. The first-order chi connectivity index (χ1) is 13.8. The average Bonchev–Trinajstić information content (AvgIpc) is 2.70. The van der Waals surface area contributed by atoms with Crippen LogP contribution >= 0.6 is 23.8 Å². The minimum absolute atomic E-state index is 0.102. The molecule has 3 aromatic rings. The summed E-state index contributed by atoms with van der Waals surface area (Å²) < 4.78 is 19.1. The van der Waals surface area contributed by atoms with E-state index in [1.54, 1.807) is 12.1 Å². The number of ether oxygens (including phenoxy) is 1. The maximum absolute atomic E-state index is 13.4. The van der Waals surface area contributed by atoms with E-state index in [9.17, 15) is 19.1 Å². The Labute approximate surface area is 173 Å². The van der Waals surface area contributed by atoms with Crippen LogP contribution in [0.3, 0.4) is 0 Å². The molecule has 7 nitrogen and oxygen atoms in total. The zero-order chi connectivity index (χ0) is 21.1. The lowest BCUT2D eigenvalue weighted by Gasteiger charge is -2.11. The normalized spacial score (nSPS) is 11.0. The second-order valence-electron chi connectivity index (χ2n) is 5.73. The maximum atomic E-state index is 13.4. The van der Waals surface area contributed by atoms with Gasteiger partial charge in [0.2, 0.25) is 5.88 Å². The van der Waals surface area contributed by atoms with Gasteiger partial charge in [0.05, 0.1) is 29.1 Å². The molecule has 0 saturated heterocycles. The Morgan fingerprint density at radius 2 is 2.00 bits per heavy atom. The number of carbonyl (C=O) groups is 1. The summed E-state index contributed by atoms with van der Waals surface area (Å²) in [7, 11) is 1.27. The van der Waals surface area contributed by atoms with Crippen LogP contribution in [-0.2, 0) is 4.74 Å². The highest BCUT2D eigenvalue weighted by Gasteiger charge is 2.14. The van der Waals surface area contributed by atoms with Gasteiger partial charge in [-0.3, -0.25) is 19.3 Å². The molecule has 0 saturated carbocycles. The van der Waals surface area contributed by atoms with E-state index in [1.165, 1.54) is 31.4 Å². The molecule has 29 heavy (non-hydrogen) atoms. The zero-order valence-electron chi connectivity index (χ0n) is 14.8. The van der Waals surface area contributed by atoms with Gasteiger partial charge in [0.15, 0.2) is 4.77 Å². The highest BCUT2D eigenvalue weighted by atomic mass is 35.5. The summed E-state index contributed by atoms with van der Waals surface area (Å²) in [5.74, 6) is -1.62. The zero-order valence-corrected chi connectivity index (χ0v) is 16.4. The van der Waals surface area contributed by atoms with E-state index < -0.39 is 23.2 Å². The molecule has 1 aromatic heterocycles. The van der Waals surface area contributed by atoms with E-state index in [4.69, 9.17) is 23.8 Å². The Kier molecular flexibility index (Phi) is 5.90. The number of benzene rings is 2. The Bertz CT molecular complexity index is 1240. The van der Waals surface area contributed by atoms with E-state index in [1.807, 2.05) is 0 Å². The van der Waals surface area contributed by atoms with Gasteiger partial charge in [0.1, 0.15) is 11.4 Å². The number of hydrogen-bond acceptors (Lipinski definition) is 6. The molecular weight excluding hydrogens is 421 g/mol. The lowest BCUT2D eigenvalue weighted by atomic mass is 10.2. The van der Waals surface area contributed by atoms with Crippen LogP contribution in [0.25, 0.3) is 5.69 Å². The van der Waals surface area contributed by atoms with Crippen LogP contribution in [0.5, 0.6) is 5.88 Å². The summed E-state index contributed by atoms with van der Waals surface area (Å²) in [4.78, 5) is 30.2. The van der Waals surface area contributed by atoms with Crippen LogP contribution < -0.4 is 5.56 Å². The van der Waals surface area contributed by atoms with Gasteiger partial charge in [-0.2, -0.15) is 0 Å². The fourth-order valence-corrected chi connectivity index (χ4v) is 2.92. The summed E-state index contributed by atoms with van der Waals surface area (Å²) in [5.41, 5.74) is 0.194. The number of halogens is 2. The number of methoxy groups -OCH3 is 1. The van der Waals surface area contributed by atoms with E-state index >= 15 is 0 Å². The van der Waals surface area contributed by atoms with Crippen molar-refractivity contribution in [1.29, 1.82) is 0 Å². The second-order valence-corrected chi connectivity index (χ2v) is 6.52. The Balaban J connectivity index is 2.03. The van der Waals surface area contributed by atoms with E-state index in [0.29, 0.717) is 11.3 Å². The number of rotatable bonds is 4. The number of H-pyrrole nitrogens is 1. The highest BCUT2D eigenvalue weighted by molar-refractivity contribution is 7.71. The van der Waals surface area contributed by atoms with Crippen molar-refractivity contribution in [3.63, 3.8) is 0 Å². The number of aromatic amines is 1. The average molecular weight is 434 g/mol. The van der Waals surface area contributed by atoms with Crippen molar-refractivity contribution in [2.75, 3.05) is 7.11 Å². The number of esters is 1. The molecule has 0 aliphatic rings. The van der Waals surface area contributed by atoms with E-state index in [2.05, 4.69) is 14.7 Å². The number of aliphatic imine (C=N–C) groups is 1. The van der Waals surface area contributed by atoms with Gasteiger partial charge >= 0.3 is 5.97 Å². The first-order valence-electron chi connectivity index (χ1n) is 8.08. The number of carbonyl (C=O) groups excluding carboxylic acids is 1. The summed E-state index contributed by atoms with van der Waals surface area (Å²) in [6.45, 7) is 0. The first kappa shape index (κ1) is 20.4. The monoisotopic (exact) mass is 433 g/mol. The van der Waals surface area contributed by atoms with Gasteiger partial charge in [0, 0.05) is 6.21 Å². The molecule has 0 atom stereocenters. The minimum atomic E-state index is -0.660. The van der Waals surface area contributed by atoms with Crippen molar-refractivity contribution in [3.05, 3.63) is 79.6 Å². The molecular formula is C19H13ClFN3O4S. The Morgan fingerprint density at radius 1 is 1.31 bits per heavy atom. The lowest BCUT2D eigenvalue weighted by Crippen LogP contribution is -2.18. The summed E-state index contributed by atoms with van der Waals surface area (Å²) in [5, 5.41) is 10.4. The number of nitrogens with zero attached hydrogens (tertiary/aromatic N) is 2. The maximum Gasteiger partial charge on any atom is 0.337 e. The van der Waals surface area contributed by atoms with Crippen molar-refractivity contribution >= 4 is 41.7 Å².